The van der Waals surface area contributed by atoms with E-state index in [-0.39, 0.29) is 11.7 Å². The molecule has 1 aromatic carbocycles. The van der Waals surface area contributed by atoms with Crippen molar-refractivity contribution >= 4 is 5.91 Å². The van der Waals surface area contributed by atoms with Crippen LogP contribution in [0.15, 0.2) is 36.4 Å². The minimum absolute atomic E-state index is 0.248. The van der Waals surface area contributed by atoms with Crippen molar-refractivity contribution in [1.82, 2.24) is 9.80 Å². The van der Waals surface area contributed by atoms with Crippen LogP contribution in [0.25, 0.3) is 0 Å². The number of halogens is 1. The fourth-order valence-corrected chi connectivity index (χ4v) is 3.14. The molecular formula is C18H25FN2O2. The average molecular weight is 320 g/mol. The summed E-state index contributed by atoms with van der Waals surface area (Å²) in [5.41, 5.74) is 0.490. The van der Waals surface area contributed by atoms with E-state index in [0.29, 0.717) is 32.6 Å². The molecule has 1 aliphatic rings. The standard InChI is InChI=1S/C18H25FN2O2/c1-14(2)11-20(3)13-18(23)9-4-10-21(17(18)22)12-15-5-7-16(19)8-6-15/h5-8,23H,1,4,9-13H2,2-3H3. The SMILES string of the molecule is C=C(C)CN(C)CC1(O)CCCN(Cc2ccc(F)cc2)C1=O. The van der Waals surface area contributed by atoms with Gasteiger partial charge in [-0.05, 0) is 44.5 Å². The molecule has 1 unspecified atom stereocenters. The van der Waals surface area contributed by atoms with E-state index in [0.717, 1.165) is 17.6 Å². The topological polar surface area (TPSA) is 43.8 Å². The number of hydrogen-bond donors (Lipinski definition) is 1. The second kappa shape index (κ2) is 7.23. The fourth-order valence-electron chi connectivity index (χ4n) is 3.14. The summed E-state index contributed by atoms with van der Waals surface area (Å²) in [6.45, 7) is 7.72. The third-order valence-electron chi connectivity index (χ3n) is 4.06. The van der Waals surface area contributed by atoms with Crippen molar-refractivity contribution in [3.8, 4) is 0 Å². The molecular weight excluding hydrogens is 295 g/mol. The summed E-state index contributed by atoms with van der Waals surface area (Å²) in [5.74, 6) is -0.543. The van der Waals surface area contributed by atoms with Crippen LogP contribution >= 0.6 is 0 Å². The van der Waals surface area contributed by atoms with Gasteiger partial charge in [-0.1, -0.05) is 24.3 Å². The highest BCUT2D eigenvalue weighted by Crippen LogP contribution is 2.25. The number of carbonyl (C=O) groups excluding carboxylic acids is 1. The van der Waals surface area contributed by atoms with Crippen LogP contribution in [0.5, 0.6) is 0 Å². The van der Waals surface area contributed by atoms with E-state index in [1.165, 1.54) is 12.1 Å². The highest BCUT2D eigenvalue weighted by atomic mass is 19.1. The Balaban J connectivity index is 2.04. The molecule has 0 bridgehead atoms. The number of carbonyl (C=O) groups is 1. The Morgan fingerprint density at radius 2 is 2.09 bits per heavy atom. The highest BCUT2D eigenvalue weighted by molar-refractivity contribution is 5.86. The van der Waals surface area contributed by atoms with Gasteiger partial charge in [-0.15, -0.1) is 0 Å². The Labute approximate surface area is 137 Å². The van der Waals surface area contributed by atoms with Gasteiger partial charge in [0.1, 0.15) is 5.82 Å². The Morgan fingerprint density at radius 1 is 1.43 bits per heavy atom. The summed E-state index contributed by atoms with van der Waals surface area (Å²) in [6, 6.07) is 6.11. The summed E-state index contributed by atoms with van der Waals surface area (Å²) in [5, 5.41) is 10.8. The van der Waals surface area contributed by atoms with Gasteiger partial charge in [0.05, 0.1) is 0 Å². The third-order valence-corrected chi connectivity index (χ3v) is 4.06. The molecule has 0 aliphatic carbocycles. The van der Waals surface area contributed by atoms with Crippen LogP contribution in [0.1, 0.15) is 25.3 Å². The van der Waals surface area contributed by atoms with Crippen LogP contribution in [0, 0.1) is 5.82 Å². The molecule has 1 N–H and O–H groups in total. The maximum atomic E-state index is 13.0. The number of nitrogens with zero attached hydrogens (tertiary/aromatic N) is 2. The number of hydrogen-bond acceptors (Lipinski definition) is 3. The molecule has 5 heteroatoms. The van der Waals surface area contributed by atoms with E-state index in [4.69, 9.17) is 0 Å². The average Bonchev–Trinajstić information content (AvgIpc) is 2.45. The lowest BCUT2D eigenvalue weighted by atomic mass is 9.90. The minimum Gasteiger partial charge on any atom is -0.379 e. The summed E-state index contributed by atoms with van der Waals surface area (Å²) >= 11 is 0. The normalized spacial score (nSPS) is 21.8. The number of piperidine rings is 1. The molecule has 1 aromatic rings. The van der Waals surface area contributed by atoms with Crippen LogP contribution in [-0.2, 0) is 11.3 Å². The molecule has 1 heterocycles. The summed E-state index contributed by atoms with van der Waals surface area (Å²) in [4.78, 5) is 16.3. The molecule has 0 saturated carbocycles. The van der Waals surface area contributed by atoms with Crippen molar-refractivity contribution in [2.24, 2.45) is 0 Å². The number of rotatable bonds is 6. The lowest BCUT2D eigenvalue weighted by Gasteiger charge is -2.40. The Kier molecular flexibility index (Phi) is 5.55. The molecule has 1 fully saturated rings. The molecule has 0 spiro atoms. The number of likely N-dealkylation sites (tertiary alicyclic amines) is 1. The molecule has 23 heavy (non-hydrogen) atoms. The van der Waals surface area contributed by atoms with Crippen molar-refractivity contribution in [3.05, 3.63) is 47.8 Å². The maximum absolute atomic E-state index is 13.0. The zero-order valence-electron chi connectivity index (χ0n) is 13.9. The van der Waals surface area contributed by atoms with Crippen molar-refractivity contribution in [1.29, 1.82) is 0 Å². The van der Waals surface area contributed by atoms with Gasteiger partial charge < -0.3 is 10.0 Å². The lowest BCUT2D eigenvalue weighted by molar-refractivity contribution is -0.159. The minimum atomic E-state index is -1.36. The first kappa shape index (κ1) is 17.6. The molecule has 1 saturated heterocycles. The van der Waals surface area contributed by atoms with Gasteiger partial charge >= 0.3 is 0 Å². The molecule has 1 aliphatic heterocycles. The van der Waals surface area contributed by atoms with Crippen molar-refractivity contribution in [3.63, 3.8) is 0 Å². The summed E-state index contributed by atoms with van der Waals surface area (Å²) in [6.07, 6.45) is 1.22. The van der Waals surface area contributed by atoms with Crippen LogP contribution in [0.3, 0.4) is 0 Å². The second-order valence-electron chi connectivity index (χ2n) is 6.62. The number of aliphatic hydroxyl groups is 1. The first-order valence-electron chi connectivity index (χ1n) is 7.89. The Bertz CT molecular complexity index is 573. The molecule has 0 radical (unpaired) electrons. The van der Waals surface area contributed by atoms with E-state index in [1.807, 2.05) is 18.9 Å². The quantitative estimate of drug-likeness (QED) is 0.817. The van der Waals surface area contributed by atoms with Gasteiger partial charge in [-0.2, -0.15) is 0 Å². The summed E-state index contributed by atoms with van der Waals surface area (Å²) in [7, 11) is 1.87. The molecule has 2 rings (SSSR count). The molecule has 1 atom stereocenters. The third kappa shape index (κ3) is 4.62. The van der Waals surface area contributed by atoms with E-state index in [9.17, 15) is 14.3 Å². The van der Waals surface area contributed by atoms with E-state index in [1.54, 1.807) is 17.0 Å². The fraction of sp³-hybridized carbons (Fsp3) is 0.500. The van der Waals surface area contributed by atoms with Gasteiger partial charge in [0.15, 0.2) is 5.60 Å². The van der Waals surface area contributed by atoms with Crippen molar-refractivity contribution < 1.29 is 14.3 Å². The first-order chi connectivity index (χ1) is 10.8. The number of likely N-dealkylation sites (N-methyl/N-ethyl adjacent to an activating group) is 1. The van der Waals surface area contributed by atoms with Gasteiger partial charge in [0.25, 0.3) is 5.91 Å². The lowest BCUT2D eigenvalue weighted by Crippen LogP contribution is -2.58. The van der Waals surface area contributed by atoms with Gasteiger partial charge in [-0.25, -0.2) is 4.39 Å². The maximum Gasteiger partial charge on any atom is 0.256 e. The number of amides is 1. The highest BCUT2D eigenvalue weighted by Gasteiger charge is 2.42. The Hall–Kier alpha value is -1.72. The van der Waals surface area contributed by atoms with Gasteiger partial charge in [0, 0.05) is 26.2 Å². The largest absolute Gasteiger partial charge is 0.379 e. The zero-order chi connectivity index (χ0) is 17.0. The van der Waals surface area contributed by atoms with Crippen LogP contribution in [0.2, 0.25) is 0 Å². The van der Waals surface area contributed by atoms with Crippen molar-refractivity contribution in [2.75, 3.05) is 26.7 Å². The van der Waals surface area contributed by atoms with E-state index >= 15 is 0 Å². The van der Waals surface area contributed by atoms with Crippen LogP contribution in [0.4, 0.5) is 4.39 Å². The predicted molar refractivity (Wildman–Crippen MR) is 88.3 cm³/mol. The Morgan fingerprint density at radius 3 is 2.70 bits per heavy atom. The van der Waals surface area contributed by atoms with Crippen LogP contribution in [-0.4, -0.2) is 53.1 Å². The molecule has 1 amide bonds. The smallest absolute Gasteiger partial charge is 0.256 e. The van der Waals surface area contributed by atoms with Crippen molar-refractivity contribution in [2.45, 2.75) is 31.9 Å². The summed E-state index contributed by atoms with van der Waals surface area (Å²) < 4.78 is 13.0. The second-order valence-corrected chi connectivity index (χ2v) is 6.62. The monoisotopic (exact) mass is 320 g/mol. The van der Waals surface area contributed by atoms with Crippen LogP contribution < -0.4 is 0 Å². The first-order valence-corrected chi connectivity index (χ1v) is 7.89. The van der Waals surface area contributed by atoms with E-state index in [2.05, 4.69) is 6.58 Å². The zero-order valence-corrected chi connectivity index (χ0v) is 13.9. The van der Waals surface area contributed by atoms with Gasteiger partial charge in [-0.3, -0.25) is 9.69 Å². The predicted octanol–water partition coefficient (Wildman–Crippen LogP) is 2.19. The molecule has 4 nitrogen and oxygen atoms in total. The van der Waals surface area contributed by atoms with Gasteiger partial charge in [0.2, 0.25) is 0 Å². The van der Waals surface area contributed by atoms with E-state index < -0.39 is 5.60 Å². The number of benzene rings is 1. The molecule has 126 valence electrons. The molecule has 0 aromatic heterocycles.